The number of rotatable bonds is 7. The Kier molecular flexibility index (Phi) is 6.12. The van der Waals surface area contributed by atoms with E-state index in [1.165, 1.54) is 30.3 Å². The number of nitrogens with one attached hydrogen (secondary N) is 1. The van der Waals surface area contributed by atoms with E-state index in [4.69, 9.17) is 5.11 Å². The molecule has 8 heteroatoms. The number of anilines is 1. The number of para-hydroxylation sites is 2. The number of hydrogen-bond acceptors (Lipinski definition) is 3. The predicted octanol–water partition coefficient (Wildman–Crippen LogP) is 2.39. The van der Waals surface area contributed by atoms with Crippen molar-refractivity contribution in [1.29, 1.82) is 0 Å². The number of carboxylic acid groups (broad SMARTS) is 1. The van der Waals surface area contributed by atoms with E-state index in [0.29, 0.717) is 0 Å². The quantitative estimate of drug-likeness (QED) is 0.758. The molecular formula is C13H14F2N2O4. The first-order chi connectivity index (χ1) is 9.93. The molecule has 0 aliphatic rings. The largest absolute Gasteiger partial charge is 0.480 e. The van der Waals surface area contributed by atoms with Crippen molar-refractivity contribution in [2.45, 2.75) is 6.61 Å². The number of amides is 2. The Morgan fingerprint density at radius 1 is 1.43 bits per heavy atom. The monoisotopic (exact) mass is 300 g/mol. The van der Waals surface area contributed by atoms with Crippen LogP contribution in [0.15, 0.2) is 36.9 Å². The maximum atomic E-state index is 12.3. The fourth-order valence-corrected chi connectivity index (χ4v) is 1.50. The van der Waals surface area contributed by atoms with Crippen LogP contribution in [0.1, 0.15) is 0 Å². The number of carboxylic acids is 1. The fourth-order valence-electron chi connectivity index (χ4n) is 1.50. The van der Waals surface area contributed by atoms with Gasteiger partial charge in [0.2, 0.25) is 0 Å². The minimum Gasteiger partial charge on any atom is -0.480 e. The minimum atomic E-state index is -3.04. The average Bonchev–Trinajstić information content (AvgIpc) is 2.39. The lowest BCUT2D eigenvalue weighted by Crippen LogP contribution is -2.38. The lowest BCUT2D eigenvalue weighted by atomic mass is 10.3. The number of hydrogen-bond donors (Lipinski definition) is 2. The number of carbonyl (C=O) groups excluding carboxylic acids is 1. The van der Waals surface area contributed by atoms with Gasteiger partial charge in [-0.2, -0.15) is 8.78 Å². The lowest BCUT2D eigenvalue weighted by Gasteiger charge is -2.20. The maximum Gasteiger partial charge on any atom is 0.387 e. The van der Waals surface area contributed by atoms with Crippen LogP contribution in [-0.2, 0) is 4.79 Å². The number of urea groups is 1. The molecule has 0 heterocycles. The number of ether oxygens (including phenoxy) is 1. The summed E-state index contributed by atoms with van der Waals surface area (Å²) in [5.74, 6) is -1.42. The van der Waals surface area contributed by atoms with Crippen LogP contribution < -0.4 is 10.1 Å². The van der Waals surface area contributed by atoms with Gasteiger partial charge in [-0.25, -0.2) is 4.79 Å². The molecule has 1 aromatic carbocycles. The van der Waals surface area contributed by atoms with E-state index in [1.54, 1.807) is 0 Å². The molecule has 2 amide bonds. The van der Waals surface area contributed by atoms with Gasteiger partial charge in [-0.1, -0.05) is 18.2 Å². The smallest absolute Gasteiger partial charge is 0.387 e. The molecule has 0 aromatic heterocycles. The van der Waals surface area contributed by atoms with Crippen LogP contribution in [-0.4, -0.2) is 41.7 Å². The van der Waals surface area contributed by atoms with Gasteiger partial charge in [0.1, 0.15) is 12.3 Å². The van der Waals surface area contributed by atoms with Gasteiger partial charge in [-0.3, -0.25) is 4.79 Å². The summed E-state index contributed by atoms with van der Waals surface area (Å²) in [4.78, 5) is 23.6. The lowest BCUT2D eigenvalue weighted by molar-refractivity contribution is -0.137. The highest BCUT2D eigenvalue weighted by Gasteiger charge is 2.17. The van der Waals surface area contributed by atoms with Gasteiger partial charge in [0.05, 0.1) is 5.69 Å². The van der Waals surface area contributed by atoms with Gasteiger partial charge in [0.15, 0.2) is 0 Å². The molecule has 0 unspecified atom stereocenters. The first-order valence-corrected chi connectivity index (χ1v) is 5.86. The van der Waals surface area contributed by atoms with Gasteiger partial charge in [0, 0.05) is 6.54 Å². The van der Waals surface area contributed by atoms with Crippen molar-refractivity contribution < 1.29 is 28.2 Å². The molecule has 0 spiro atoms. The summed E-state index contributed by atoms with van der Waals surface area (Å²) >= 11 is 0. The number of aliphatic carboxylic acids is 1. The molecule has 1 rings (SSSR count). The van der Waals surface area contributed by atoms with E-state index in [2.05, 4.69) is 16.6 Å². The molecule has 0 bridgehead atoms. The number of benzene rings is 1. The Hall–Kier alpha value is -2.64. The third-order valence-corrected chi connectivity index (χ3v) is 2.31. The van der Waals surface area contributed by atoms with E-state index < -0.39 is 25.2 Å². The Bertz CT molecular complexity index is 523. The van der Waals surface area contributed by atoms with Gasteiger partial charge in [0.25, 0.3) is 0 Å². The molecule has 114 valence electrons. The van der Waals surface area contributed by atoms with Crippen LogP contribution in [0, 0.1) is 0 Å². The van der Waals surface area contributed by atoms with E-state index in [-0.39, 0.29) is 18.0 Å². The van der Waals surface area contributed by atoms with Crippen LogP contribution in [0.3, 0.4) is 0 Å². The van der Waals surface area contributed by atoms with Gasteiger partial charge < -0.3 is 20.1 Å². The molecule has 0 fully saturated rings. The predicted molar refractivity (Wildman–Crippen MR) is 71.5 cm³/mol. The second-order valence-corrected chi connectivity index (χ2v) is 3.87. The zero-order valence-electron chi connectivity index (χ0n) is 11.0. The number of alkyl halides is 2. The second-order valence-electron chi connectivity index (χ2n) is 3.87. The van der Waals surface area contributed by atoms with Crippen molar-refractivity contribution in [2.24, 2.45) is 0 Å². The van der Waals surface area contributed by atoms with Crippen LogP contribution in [0.25, 0.3) is 0 Å². The third kappa shape index (κ3) is 5.47. The Labute approximate surface area is 119 Å². The highest BCUT2D eigenvalue weighted by Crippen LogP contribution is 2.25. The standard InChI is InChI=1S/C13H14F2N2O4/c1-2-7-17(8-11(18)19)13(20)16-9-5-3-4-6-10(9)21-12(14)15/h2-6,12H,1,7-8H2,(H,16,20)(H,18,19). The van der Waals surface area contributed by atoms with E-state index in [9.17, 15) is 18.4 Å². The Morgan fingerprint density at radius 3 is 2.67 bits per heavy atom. The number of nitrogens with zero attached hydrogens (tertiary/aromatic N) is 1. The molecule has 6 nitrogen and oxygen atoms in total. The first-order valence-electron chi connectivity index (χ1n) is 5.86. The Morgan fingerprint density at radius 2 is 2.10 bits per heavy atom. The Balaban J connectivity index is 2.85. The summed E-state index contributed by atoms with van der Waals surface area (Å²) in [6.45, 7) is -0.170. The SMILES string of the molecule is C=CCN(CC(=O)O)C(=O)Nc1ccccc1OC(F)F. The van der Waals surface area contributed by atoms with Crippen molar-refractivity contribution in [2.75, 3.05) is 18.4 Å². The van der Waals surface area contributed by atoms with E-state index in [0.717, 1.165) is 4.90 Å². The van der Waals surface area contributed by atoms with Crippen molar-refractivity contribution in [1.82, 2.24) is 4.90 Å². The van der Waals surface area contributed by atoms with Crippen molar-refractivity contribution in [3.63, 3.8) is 0 Å². The third-order valence-electron chi connectivity index (χ3n) is 2.31. The molecule has 2 N–H and O–H groups in total. The first kappa shape index (κ1) is 16.4. The molecule has 0 saturated carbocycles. The molecule has 0 aliphatic carbocycles. The average molecular weight is 300 g/mol. The van der Waals surface area contributed by atoms with Crippen molar-refractivity contribution >= 4 is 17.7 Å². The summed E-state index contributed by atoms with van der Waals surface area (Å²) in [7, 11) is 0. The normalized spacial score (nSPS) is 10.0. The fraction of sp³-hybridized carbons (Fsp3) is 0.231. The molecule has 0 saturated heterocycles. The molecule has 21 heavy (non-hydrogen) atoms. The van der Waals surface area contributed by atoms with Gasteiger partial charge >= 0.3 is 18.6 Å². The molecule has 0 aliphatic heterocycles. The number of halogens is 2. The molecule has 0 atom stereocenters. The molecule has 0 radical (unpaired) electrons. The van der Waals surface area contributed by atoms with Crippen LogP contribution in [0.2, 0.25) is 0 Å². The summed E-state index contributed by atoms with van der Waals surface area (Å²) in [5, 5.41) is 11.0. The van der Waals surface area contributed by atoms with Gasteiger partial charge in [-0.05, 0) is 12.1 Å². The molecule has 1 aromatic rings. The molecular weight excluding hydrogens is 286 g/mol. The van der Waals surface area contributed by atoms with Crippen molar-refractivity contribution in [3.05, 3.63) is 36.9 Å². The van der Waals surface area contributed by atoms with E-state index in [1.807, 2.05) is 0 Å². The minimum absolute atomic E-state index is 0.00396. The van der Waals surface area contributed by atoms with Crippen LogP contribution in [0.5, 0.6) is 5.75 Å². The van der Waals surface area contributed by atoms with E-state index >= 15 is 0 Å². The zero-order valence-corrected chi connectivity index (χ0v) is 11.0. The zero-order chi connectivity index (χ0) is 15.8. The van der Waals surface area contributed by atoms with Crippen LogP contribution in [0.4, 0.5) is 19.3 Å². The second kappa shape index (κ2) is 7.83. The number of carbonyl (C=O) groups is 2. The maximum absolute atomic E-state index is 12.3. The summed E-state index contributed by atoms with van der Waals surface area (Å²) in [6, 6.07) is 4.84. The highest BCUT2D eigenvalue weighted by atomic mass is 19.3. The van der Waals surface area contributed by atoms with Crippen molar-refractivity contribution in [3.8, 4) is 5.75 Å². The highest BCUT2D eigenvalue weighted by molar-refractivity contribution is 5.92. The summed E-state index contributed by atoms with van der Waals surface area (Å²) in [5.41, 5.74) is 0.0160. The topological polar surface area (TPSA) is 78.9 Å². The van der Waals surface area contributed by atoms with Gasteiger partial charge in [-0.15, -0.1) is 6.58 Å². The summed E-state index contributed by atoms with van der Waals surface area (Å²) in [6.07, 6.45) is 1.35. The van der Waals surface area contributed by atoms with Crippen LogP contribution >= 0.6 is 0 Å². The summed E-state index contributed by atoms with van der Waals surface area (Å²) < 4.78 is 28.8.